The average molecular weight is 365 g/mol. The Morgan fingerprint density at radius 3 is 2.20 bits per heavy atom. The SMILES string of the molecule is O=C(Nc1ccc(Cl)c(F)c1)c1c(F)cc(Br)cc1F. The fraction of sp³-hybridized carbons (Fsp3) is 0. The van der Waals surface area contributed by atoms with Crippen molar-refractivity contribution in [1.82, 2.24) is 0 Å². The van der Waals surface area contributed by atoms with Crippen molar-refractivity contribution in [3.63, 3.8) is 0 Å². The minimum absolute atomic E-state index is 0.0404. The van der Waals surface area contributed by atoms with Gasteiger partial charge in [0, 0.05) is 10.2 Å². The van der Waals surface area contributed by atoms with Crippen LogP contribution in [-0.4, -0.2) is 5.91 Å². The molecular weight excluding hydrogens is 358 g/mol. The molecule has 0 saturated carbocycles. The summed E-state index contributed by atoms with van der Waals surface area (Å²) in [7, 11) is 0. The van der Waals surface area contributed by atoms with Crippen LogP contribution >= 0.6 is 27.5 Å². The van der Waals surface area contributed by atoms with Crippen molar-refractivity contribution in [3.05, 3.63) is 62.8 Å². The van der Waals surface area contributed by atoms with Gasteiger partial charge in [0.2, 0.25) is 0 Å². The molecule has 1 N–H and O–H groups in total. The summed E-state index contributed by atoms with van der Waals surface area (Å²) in [5, 5.41) is 2.07. The molecule has 0 saturated heterocycles. The molecule has 0 spiro atoms. The van der Waals surface area contributed by atoms with Crippen molar-refractivity contribution in [1.29, 1.82) is 0 Å². The summed E-state index contributed by atoms with van der Waals surface area (Å²) < 4.78 is 40.5. The maximum Gasteiger partial charge on any atom is 0.261 e. The third kappa shape index (κ3) is 3.13. The van der Waals surface area contributed by atoms with Crippen molar-refractivity contribution in [2.24, 2.45) is 0 Å². The van der Waals surface area contributed by atoms with Crippen LogP contribution in [0.5, 0.6) is 0 Å². The lowest BCUT2D eigenvalue weighted by Gasteiger charge is -2.08. The van der Waals surface area contributed by atoms with Gasteiger partial charge in [-0.05, 0) is 30.3 Å². The van der Waals surface area contributed by atoms with Gasteiger partial charge in [0.1, 0.15) is 23.0 Å². The summed E-state index contributed by atoms with van der Waals surface area (Å²) >= 11 is 8.39. The minimum Gasteiger partial charge on any atom is -0.322 e. The number of hydrogen-bond donors (Lipinski definition) is 1. The highest BCUT2D eigenvalue weighted by Gasteiger charge is 2.18. The molecule has 0 aliphatic carbocycles. The van der Waals surface area contributed by atoms with Gasteiger partial charge >= 0.3 is 0 Å². The highest BCUT2D eigenvalue weighted by Crippen LogP contribution is 2.22. The van der Waals surface area contributed by atoms with Crippen LogP contribution in [0.2, 0.25) is 5.02 Å². The quantitative estimate of drug-likeness (QED) is 0.817. The molecule has 0 unspecified atom stereocenters. The summed E-state index contributed by atoms with van der Waals surface area (Å²) in [6, 6.07) is 5.41. The molecule has 0 aliphatic heterocycles. The molecule has 2 aromatic rings. The monoisotopic (exact) mass is 363 g/mol. The van der Waals surface area contributed by atoms with E-state index in [9.17, 15) is 18.0 Å². The Morgan fingerprint density at radius 2 is 1.65 bits per heavy atom. The van der Waals surface area contributed by atoms with Crippen molar-refractivity contribution in [2.45, 2.75) is 0 Å². The first-order chi connectivity index (χ1) is 9.38. The third-order valence-electron chi connectivity index (χ3n) is 2.41. The van der Waals surface area contributed by atoms with Crippen LogP contribution < -0.4 is 5.32 Å². The number of rotatable bonds is 2. The first-order valence-corrected chi connectivity index (χ1v) is 6.46. The van der Waals surface area contributed by atoms with Crippen LogP contribution in [0.4, 0.5) is 18.9 Å². The smallest absolute Gasteiger partial charge is 0.261 e. The number of carbonyl (C=O) groups excluding carboxylic acids is 1. The van der Waals surface area contributed by atoms with Crippen molar-refractivity contribution in [2.75, 3.05) is 5.32 Å². The zero-order valence-corrected chi connectivity index (χ0v) is 12.0. The Morgan fingerprint density at radius 1 is 1.05 bits per heavy atom. The summed E-state index contributed by atoms with van der Waals surface area (Å²) in [5.74, 6) is -3.82. The van der Waals surface area contributed by atoms with Gasteiger partial charge in [-0.1, -0.05) is 27.5 Å². The normalized spacial score (nSPS) is 10.4. The second kappa shape index (κ2) is 5.85. The van der Waals surface area contributed by atoms with E-state index in [0.717, 1.165) is 18.2 Å². The first-order valence-electron chi connectivity index (χ1n) is 5.29. The van der Waals surface area contributed by atoms with Gasteiger partial charge in [-0.2, -0.15) is 0 Å². The lowest BCUT2D eigenvalue weighted by Crippen LogP contribution is -2.16. The lowest BCUT2D eigenvalue weighted by molar-refractivity contribution is 0.101. The van der Waals surface area contributed by atoms with E-state index in [1.807, 2.05) is 0 Å². The second-order valence-corrected chi connectivity index (χ2v) is 5.15. The van der Waals surface area contributed by atoms with Crippen molar-refractivity contribution >= 4 is 39.1 Å². The Kier molecular flexibility index (Phi) is 4.35. The molecule has 0 heterocycles. The first kappa shape index (κ1) is 14.9. The van der Waals surface area contributed by atoms with E-state index < -0.39 is 28.9 Å². The molecule has 0 bridgehead atoms. The fourth-order valence-electron chi connectivity index (χ4n) is 1.53. The number of halogens is 5. The van der Waals surface area contributed by atoms with E-state index in [0.29, 0.717) is 0 Å². The van der Waals surface area contributed by atoms with Crippen LogP contribution in [0.1, 0.15) is 10.4 Å². The van der Waals surface area contributed by atoms with Gasteiger partial charge in [-0.15, -0.1) is 0 Å². The van der Waals surface area contributed by atoms with Crippen LogP contribution in [0.25, 0.3) is 0 Å². The van der Waals surface area contributed by atoms with E-state index >= 15 is 0 Å². The molecule has 0 aliphatic rings. The maximum atomic E-state index is 13.6. The Bertz CT molecular complexity index is 670. The highest BCUT2D eigenvalue weighted by molar-refractivity contribution is 9.10. The van der Waals surface area contributed by atoms with E-state index in [1.54, 1.807) is 0 Å². The zero-order valence-electron chi connectivity index (χ0n) is 9.68. The Balaban J connectivity index is 2.31. The number of carbonyl (C=O) groups is 1. The average Bonchev–Trinajstić information content (AvgIpc) is 2.32. The molecule has 0 radical (unpaired) electrons. The van der Waals surface area contributed by atoms with E-state index in [-0.39, 0.29) is 15.2 Å². The predicted molar refractivity (Wildman–Crippen MR) is 73.4 cm³/mol. The lowest BCUT2D eigenvalue weighted by atomic mass is 10.1. The summed E-state index contributed by atoms with van der Waals surface area (Å²) in [5.41, 5.74) is -0.706. The molecule has 20 heavy (non-hydrogen) atoms. The molecule has 0 aromatic heterocycles. The summed E-state index contributed by atoms with van der Waals surface area (Å²) in [4.78, 5) is 11.8. The van der Waals surface area contributed by atoms with Crippen LogP contribution in [0, 0.1) is 17.5 Å². The molecule has 2 nitrogen and oxygen atoms in total. The third-order valence-corrected chi connectivity index (χ3v) is 3.18. The number of anilines is 1. The van der Waals surface area contributed by atoms with Gasteiger partial charge in [-0.3, -0.25) is 4.79 Å². The second-order valence-electron chi connectivity index (χ2n) is 3.83. The number of hydrogen-bond acceptors (Lipinski definition) is 1. The van der Waals surface area contributed by atoms with Gasteiger partial charge < -0.3 is 5.32 Å². The maximum absolute atomic E-state index is 13.6. The molecular formula is C13H6BrClF3NO. The fourth-order valence-corrected chi connectivity index (χ4v) is 2.05. The van der Waals surface area contributed by atoms with Crippen molar-refractivity contribution < 1.29 is 18.0 Å². The van der Waals surface area contributed by atoms with Gasteiger partial charge in [0.05, 0.1) is 5.02 Å². The predicted octanol–water partition coefficient (Wildman–Crippen LogP) is 4.77. The topological polar surface area (TPSA) is 29.1 Å². The van der Waals surface area contributed by atoms with Gasteiger partial charge in [0.25, 0.3) is 5.91 Å². The van der Waals surface area contributed by atoms with E-state index in [2.05, 4.69) is 21.2 Å². The van der Waals surface area contributed by atoms with Crippen LogP contribution in [0.3, 0.4) is 0 Å². The number of nitrogens with one attached hydrogen (secondary N) is 1. The van der Waals surface area contributed by atoms with Crippen molar-refractivity contribution in [3.8, 4) is 0 Å². The zero-order chi connectivity index (χ0) is 14.9. The molecule has 104 valence electrons. The van der Waals surface area contributed by atoms with Gasteiger partial charge in [-0.25, -0.2) is 13.2 Å². The highest BCUT2D eigenvalue weighted by atomic mass is 79.9. The molecule has 2 aromatic carbocycles. The largest absolute Gasteiger partial charge is 0.322 e. The molecule has 1 amide bonds. The Hall–Kier alpha value is -1.53. The van der Waals surface area contributed by atoms with E-state index in [4.69, 9.17) is 11.6 Å². The van der Waals surface area contributed by atoms with E-state index in [1.165, 1.54) is 12.1 Å². The molecule has 7 heteroatoms. The minimum atomic E-state index is -1.02. The standard InChI is InChI=1S/C13H6BrClF3NO/c14-6-3-10(17)12(11(18)4-6)13(20)19-7-1-2-8(15)9(16)5-7/h1-5H,(H,19,20). The molecule has 0 fully saturated rings. The number of amides is 1. The van der Waals surface area contributed by atoms with Crippen LogP contribution in [0.15, 0.2) is 34.8 Å². The molecule has 2 rings (SSSR count). The molecule has 0 atom stereocenters. The summed E-state index contributed by atoms with van der Waals surface area (Å²) in [6.07, 6.45) is 0. The number of benzene rings is 2. The van der Waals surface area contributed by atoms with Crippen LogP contribution in [-0.2, 0) is 0 Å². The van der Waals surface area contributed by atoms with Gasteiger partial charge in [0.15, 0.2) is 0 Å². The Labute approximate surface area is 125 Å². The summed E-state index contributed by atoms with van der Waals surface area (Å²) in [6.45, 7) is 0.